The molecule has 0 bridgehead atoms. The Morgan fingerprint density at radius 2 is 2.33 bits per heavy atom. The number of aromatic nitrogens is 3. The fourth-order valence-corrected chi connectivity index (χ4v) is 3.54. The van der Waals surface area contributed by atoms with Crippen LogP contribution in [0.2, 0.25) is 0 Å². The molecular formula is C12H11N3S3. The first-order valence-electron chi connectivity index (χ1n) is 5.46. The predicted octanol–water partition coefficient (Wildman–Crippen LogP) is 4.09. The van der Waals surface area contributed by atoms with E-state index in [4.69, 9.17) is 12.2 Å². The summed E-state index contributed by atoms with van der Waals surface area (Å²) < 4.78 is 2.72. The van der Waals surface area contributed by atoms with Crippen LogP contribution < -0.4 is 0 Å². The summed E-state index contributed by atoms with van der Waals surface area (Å²) in [4.78, 5) is 1.13. The third-order valence-electron chi connectivity index (χ3n) is 2.79. The van der Waals surface area contributed by atoms with Crippen LogP contribution in [0.25, 0.3) is 10.7 Å². The fraction of sp³-hybridized carbons (Fsp3) is 0.167. The topological polar surface area (TPSA) is 33.6 Å². The lowest BCUT2D eigenvalue weighted by Gasteiger charge is -2.05. The summed E-state index contributed by atoms with van der Waals surface area (Å²) in [6.45, 7) is 2.90. The van der Waals surface area contributed by atoms with Crippen molar-refractivity contribution in [3.8, 4) is 10.7 Å². The molecule has 0 aliphatic heterocycles. The number of hydrogen-bond acceptors (Lipinski definition) is 4. The van der Waals surface area contributed by atoms with Crippen LogP contribution in [0.5, 0.6) is 0 Å². The zero-order valence-corrected chi connectivity index (χ0v) is 12.2. The number of aryl methyl sites for hydroxylation is 1. The Hall–Kier alpha value is -1.24. The third-order valence-corrected chi connectivity index (χ3v) is 4.88. The normalized spacial score (nSPS) is 10.9. The number of H-pyrrole nitrogens is 1. The molecule has 3 aromatic rings. The molecule has 0 unspecified atom stereocenters. The zero-order valence-electron chi connectivity index (χ0n) is 9.71. The second-order valence-corrected chi connectivity index (χ2v) is 6.07. The van der Waals surface area contributed by atoms with E-state index in [0.29, 0.717) is 4.77 Å². The maximum absolute atomic E-state index is 5.32. The SMILES string of the molecule is Cc1cscc1Cn1c(-c2cccs2)n[nH]c1=S. The fourth-order valence-electron chi connectivity index (χ4n) is 1.78. The molecule has 0 saturated heterocycles. The van der Waals surface area contributed by atoms with Gasteiger partial charge in [-0.25, -0.2) is 0 Å². The first kappa shape index (κ1) is 11.8. The Kier molecular flexibility index (Phi) is 3.15. The highest BCUT2D eigenvalue weighted by molar-refractivity contribution is 7.71. The highest BCUT2D eigenvalue weighted by Gasteiger charge is 2.11. The van der Waals surface area contributed by atoms with Gasteiger partial charge >= 0.3 is 0 Å². The number of nitrogens with zero attached hydrogens (tertiary/aromatic N) is 2. The van der Waals surface area contributed by atoms with Crippen molar-refractivity contribution in [1.29, 1.82) is 0 Å². The molecule has 0 aromatic carbocycles. The summed E-state index contributed by atoms with van der Waals surface area (Å²) in [5, 5.41) is 13.6. The van der Waals surface area contributed by atoms with Gasteiger partial charge in [-0.2, -0.15) is 16.4 Å². The number of nitrogens with one attached hydrogen (secondary N) is 1. The number of thiophene rings is 2. The van der Waals surface area contributed by atoms with Crippen LogP contribution in [0.15, 0.2) is 28.3 Å². The summed E-state index contributed by atoms with van der Waals surface area (Å²) in [5.74, 6) is 0.917. The van der Waals surface area contributed by atoms with Gasteiger partial charge < -0.3 is 0 Å². The van der Waals surface area contributed by atoms with Gasteiger partial charge in [0.15, 0.2) is 10.6 Å². The Morgan fingerprint density at radius 3 is 3.00 bits per heavy atom. The Balaban J connectivity index is 2.05. The van der Waals surface area contributed by atoms with E-state index in [1.807, 2.05) is 11.4 Å². The smallest absolute Gasteiger partial charge is 0.195 e. The van der Waals surface area contributed by atoms with Crippen molar-refractivity contribution in [2.45, 2.75) is 13.5 Å². The van der Waals surface area contributed by atoms with Crippen LogP contribution in [0, 0.1) is 11.7 Å². The van der Waals surface area contributed by atoms with Crippen molar-refractivity contribution in [3.05, 3.63) is 44.2 Å². The van der Waals surface area contributed by atoms with E-state index in [2.05, 4.69) is 38.5 Å². The molecule has 6 heteroatoms. The molecule has 3 rings (SSSR count). The standard InChI is InChI=1S/C12H11N3S3/c1-8-6-17-7-9(8)5-15-11(13-14-12(15)16)10-3-2-4-18-10/h2-4,6-7H,5H2,1H3,(H,14,16). The Morgan fingerprint density at radius 1 is 1.44 bits per heavy atom. The molecule has 0 aliphatic carbocycles. The van der Waals surface area contributed by atoms with Crippen LogP contribution in [0.1, 0.15) is 11.1 Å². The molecule has 92 valence electrons. The minimum absolute atomic E-state index is 0.670. The van der Waals surface area contributed by atoms with Crippen LogP contribution in [0.4, 0.5) is 0 Å². The van der Waals surface area contributed by atoms with E-state index >= 15 is 0 Å². The summed E-state index contributed by atoms with van der Waals surface area (Å²) in [7, 11) is 0. The lowest BCUT2D eigenvalue weighted by molar-refractivity contribution is 0.790. The van der Waals surface area contributed by atoms with E-state index in [-0.39, 0.29) is 0 Å². The van der Waals surface area contributed by atoms with Crippen LogP contribution in [0.3, 0.4) is 0 Å². The van der Waals surface area contributed by atoms with Crippen molar-refractivity contribution < 1.29 is 0 Å². The third kappa shape index (κ3) is 2.07. The van der Waals surface area contributed by atoms with E-state index in [9.17, 15) is 0 Å². The number of aromatic amines is 1. The first-order valence-corrected chi connectivity index (χ1v) is 7.69. The average Bonchev–Trinajstić information content (AvgIpc) is 3.04. The second kappa shape index (κ2) is 4.79. The lowest BCUT2D eigenvalue weighted by Crippen LogP contribution is -2.02. The van der Waals surface area contributed by atoms with E-state index < -0.39 is 0 Å². The maximum atomic E-state index is 5.32. The quantitative estimate of drug-likeness (QED) is 0.738. The largest absolute Gasteiger partial charge is 0.295 e. The molecule has 3 heterocycles. The van der Waals surface area contributed by atoms with Gasteiger partial charge in [-0.05, 0) is 52.5 Å². The van der Waals surface area contributed by atoms with Gasteiger partial charge in [-0.1, -0.05) is 6.07 Å². The molecule has 3 nitrogen and oxygen atoms in total. The first-order chi connectivity index (χ1) is 8.75. The molecule has 0 spiro atoms. The van der Waals surface area contributed by atoms with Gasteiger partial charge in [0.05, 0.1) is 11.4 Å². The monoisotopic (exact) mass is 293 g/mol. The van der Waals surface area contributed by atoms with Crippen LogP contribution in [-0.2, 0) is 6.54 Å². The predicted molar refractivity (Wildman–Crippen MR) is 78.9 cm³/mol. The highest BCUT2D eigenvalue weighted by atomic mass is 32.1. The molecule has 3 aromatic heterocycles. The minimum atomic E-state index is 0.670. The Bertz CT molecular complexity index is 703. The zero-order chi connectivity index (χ0) is 12.5. The van der Waals surface area contributed by atoms with Gasteiger partial charge in [-0.15, -0.1) is 11.3 Å². The van der Waals surface area contributed by atoms with Crippen molar-refractivity contribution in [1.82, 2.24) is 14.8 Å². The maximum Gasteiger partial charge on any atom is 0.195 e. The molecule has 0 saturated carbocycles. The molecule has 18 heavy (non-hydrogen) atoms. The van der Waals surface area contributed by atoms with Crippen LogP contribution >= 0.6 is 34.9 Å². The number of rotatable bonds is 3. The molecule has 0 atom stereocenters. The molecule has 0 aliphatic rings. The van der Waals surface area contributed by atoms with Crippen LogP contribution in [-0.4, -0.2) is 14.8 Å². The summed E-state index contributed by atoms with van der Waals surface area (Å²) in [6, 6.07) is 4.09. The van der Waals surface area contributed by atoms with E-state index in [0.717, 1.165) is 17.2 Å². The molecule has 0 radical (unpaired) electrons. The molecule has 1 N–H and O–H groups in total. The van der Waals surface area contributed by atoms with Gasteiger partial charge in [-0.3, -0.25) is 9.67 Å². The summed E-state index contributed by atoms with van der Waals surface area (Å²) in [6.07, 6.45) is 0. The van der Waals surface area contributed by atoms with Gasteiger partial charge in [0, 0.05) is 0 Å². The minimum Gasteiger partial charge on any atom is -0.295 e. The molecule has 0 fully saturated rings. The molecule has 0 amide bonds. The van der Waals surface area contributed by atoms with Gasteiger partial charge in [0.2, 0.25) is 0 Å². The van der Waals surface area contributed by atoms with Crippen molar-refractivity contribution in [2.24, 2.45) is 0 Å². The second-order valence-electron chi connectivity index (χ2n) is 4.00. The summed E-state index contributed by atoms with van der Waals surface area (Å²) in [5.41, 5.74) is 2.61. The van der Waals surface area contributed by atoms with E-state index in [1.54, 1.807) is 22.7 Å². The Labute approximate surface area is 118 Å². The van der Waals surface area contributed by atoms with Gasteiger partial charge in [0.1, 0.15) is 0 Å². The van der Waals surface area contributed by atoms with Crippen molar-refractivity contribution >= 4 is 34.9 Å². The number of hydrogen-bond donors (Lipinski definition) is 1. The van der Waals surface area contributed by atoms with Crippen molar-refractivity contribution in [2.75, 3.05) is 0 Å². The summed E-state index contributed by atoms with van der Waals surface area (Å²) >= 11 is 8.71. The van der Waals surface area contributed by atoms with Crippen molar-refractivity contribution in [3.63, 3.8) is 0 Å². The lowest BCUT2D eigenvalue weighted by atomic mass is 10.2. The van der Waals surface area contributed by atoms with Gasteiger partial charge in [0.25, 0.3) is 0 Å². The highest BCUT2D eigenvalue weighted by Crippen LogP contribution is 2.24. The average molecular weight is 293 g/mol. The molecular weight excluding hydrogens is 282 g/mol. The van der Waals surface area contributed by atoms with E-state index in [1.165, 1.54) is 11.1 Å².